The van der Waals surface area contributed by atoms with Gasteiger partial charge in [-0.1, -0.05) is 16.4 Å². The average Bonchev–Trinajstić information content (AvgIpc) is 3.30. The highest BCUT2D eigenvalue weighted by Gasteiger charge is 2.30. The number of anilines is 1. The van der Waals surface area contributed by atoms with Crippen LogP contribution >= 0.6 is 0 Å². The topological polar surface area (TPSA) is 119 Å². The molecule has 2 fully saturated rings. The number of likely N-dealkylation sites (tertiary alicyclic amines) is 1. The second-order valence-electron chi connectivity index (χ2n) is 8.10. The van der Waals surface area contributed by atoms with Gasteiger partial charge in [-0.3, -0.25) is 9.59 Å². The zero-order valence-electron chi connectivity index (χ0n) is 17.2. The molecule has 1 saturated carbocycles. The summed E-state index contributed by atoms with van der Waals surface area (Å²) in [4.78, 5) is 30.4. The maximum atomic E-state index is 12.9. The van der Waals surface area contributed by atoms with Gasteiger partial charge in [-0.15, -0.1) is 5.10 Å². The van der Waals surface area contributed by atoms with Crippen molar-refractivity contribution in [3.8, 4) is 11.6 Å². The fourth-order valence-corrected chi connectivity index (χ4v) is 3.85. The molecule has 1 aliphatic heterocycles. The van der Waals surface area contributed by atoms with Crippen LogP contribution in [0.25, 0.3) is 11.6 Å². The van der Waals surface area contributed by atoms with Gasteiger partial charge < -0.3 is 14.7 Å². The normalized spacial score (nSPS) is 17.0. The Morgan fingerprint density at radius 2 is 1.97 bits per heavy atom. The van der Waals surface area contributed by atoms with Gasteiger partial charge in [-0.2, -0.15) is 4.98 Å². The lowest BCUT2D eigenvalue weighted by Crippen LogP contribution is -2.39. The molecule has 10 heteroatoms. The molecular formula is C21H23N7O3. The van der Waals surface area contributed by atoms with Gasteiger partial charge in [0.05, 0.1) is 12.2 Å². The SMILES string of the molecule is CC(=O)Nc1cccc(C(=O)N2CCC(n3cc(-c4nc(C5CC5)no4)nn3)CC2)c1. The second kappa shape index (κ2) is 7.93. The van der Waals surface area contributed by atoms with Crippen molar-refractivity contribution >= 4 is 17.5 Å². The number of benzene rings is 1. The molecule has 0 unspecified atom stereocenters. The zero-order chi connectivity index (χ0) is 21.4. The molecule has 2 aromatic heterocycles. The van der Waals surface area contributed by atoms with E-state index in [1.807, 2.05) is 15.8 Å². The maximum Gasteiger partial charge on any atom is 0.280 e. The van der Waals surface area contributed by atoms with Crippen LogP contribution < -0.4 is 5.32 Å². The first-order chi connectivity index (χ1) is 15.1. The van der Waals surface area contributed by atoms with Crippen molar-refractivity contribution < 1.29 is 14.1 Å². The van der Waals surface area contributed by atoms with Crippen molar-refractivity contribution in [3.05, 3.63) is 41.9 Å². The molecule has 1 aromatic carbocycles. The Morgan fingerprint density at radius 1 is 1.16 bits per heavy atom. The maximum absolute atomic E-state index is 12.9. The van der Waals surface area contributed by atoms with Crippen LogP contribution in [-0.4, -0.2) is 54.9 Å². The van der Waals surface area contributed by atoms with E-state index in [0.717, 1.165) is 31.5 Å². The first-order valence-corrected chi connectivity index (χ1v) is 10.5. The number of hydrogen-bond donors (Lipinski definition) is 1. The molecule has 160 valence electrons. The molecule has 10 nitrogen and oxygen atoms in total. The highest BCUT2D eigenvalue weighted by atomic mass is 16.5. The summed E-state index contributed by atoms with van der Waals surface area (Å²) in [5, 5.41) is 15.2. The summed E-state index contributed by atoms with van der Waals surface area (Å²) < 4.78 is 7.16. The van der Waals surface area contributed by atoms with E-state index in [1.54, 1.807) is 24.3 Å². The number of carbonyl (C=O) groups excluding carboxylic acids is 2. The molecule has 1 aliphatic carbocycles. The first kappa shape index (κ1) is 19.4. The van der Waals surface area contributed by atoms with Crippen molar-refractivity contribution in [2.24, 2.45) is 0 Å². The number of rotatable bonds is 5. The molecule has 0 bridgehead atoms. The van der Waals surface area contributed by atoms with Crippen molar-refractivity contribution in [1.29, 1.82) is 0 Å². The van der Waals surface area contributed by atoms with E-state index in [9.17, 15) is 9.59 Å². The minimum absolute atomic E-state index is 0.0385. The quantitative estimate of drug-likeness (QED) is 0.672. The van der Waals surface area contributed by atoms with Gasteiger partial charge in [-0.05, 0) is 43.9 Å². The Balaban J connectivity index is 1.21. The van der Waals surface area contributed by atoms with Gasteiger partial charge in [0.1, 0.15) is 0 Å². The Labute approximate surface area is 178 Å². The summed E-state index contributed by atoms with van der Waals surface area (Å²) in [5.74, 6) is 1.37. The summed E-state index contributed by atoms with van der Waals surface area (Å²) >= 11 is 0. The van der Waals surface area contributed by atoms with E-state index in [-0.39, 0.29) is 17.9 Å². The number of carbonyl (C=O) groups is 2. The Kier molecular flexibility index (Phi) is 4.97. The summed E-state index contributed by atoms with van der Waals surface area (Å²) in [6, 6.07) is 7.17. The second-order valence-corrected chi connectivity index (χ2v) is 8.10. The molecule has 3 aromatic rings. The predicted octanol–water partition coefficient (Wildman–Crippen LogP) is 2.64. The fraction of sp³-hybridized carbons (Fsp3) is 0.429. The number of nitrogens with one attached hydrogen (secondary N) is 1. The van der Waals surface area contributed by atoms with E-state index < -0.39 is 0 Å². The first-order valence-electron chi connectivity index (χ1n) is 10.5. The fourth-order valence-electron chi connectivity index (χ4n) is 3.85. The number of piperidine rings is 1. The number of aromatic nitrogens is 5. The molecule has 5 rings (SSSR count). The monoisotopic (exact) mass is 421 g/mol. The third kappa shape index (κ3) is 4.18. The van der Waals surface area contributed by atoms with E-state index in [4.69, 9.17) is 4.52 Å². The third-order valence-corrected chi connectivity index (χ3v) is 5.67. The van der Waals surface area contributed by atoms with Gasteiger partial charge in [-0.25, -0.2) is 4.68 Å². The van der Waals surface area contributed by atoms with Crippen LogP contribution in [0.4, 0.5) is 5.69 Å². The smallest absolute Gasteiger partial charge is 0.280 e. The van der Waals surface area contributed by atoms with Crippen molar-refractivity contribution in [1.82, 2.24) is 30.0 Å². The molecule has 1 N–H and O–H groups in total. The van der Waals surface area contributed by atoms with Crippen LogP contribution in [0.5, 0.6) is 0 Å². The molecule has 1 saturated heterocycles. The predicted molar refractivity (Wildman–Crippen MR) is 110 cm³/mol. The minimum Gasteiger partial charge on any atom is -0.338 e. The van der Waals surface area contributed by atoms with Crippen LogP contribution in [-0.2, 0) is 4.79 Å². The van der Waals surface area contributed by atoms with E-state index in [2.05, 4.69) is 25.8 Å². The molecule has 3 heterocycles. The van der Waals surface area contributed by atoms with Crippen molar-refractivity contribution in [2.75, 3.05) is 18.4 Å². The van der Waals surface area contributed by atoms with Gasteiger partial charge in [0.15, 0.2) is 11.5 Å². The number of hydrogen-bond acceptors (Lipinski definition) is 7. The lowest BCUT2D eigenvalue weighted by Gasteiger charge is -2.32. The van der Waals surface area contributed by atoms with Crippen LogP contribution in [0.15, 0.2) is 35.0 Å². The molecule has 0 spiro atoms. The summed E-state index contributed by atoms with van der Waals surface area (Å²) in [6.45, 7) is 2.68. The summed E-state index contributed by atoms with van der Waals surface area (Å²) in [5.41, 5.74) is 1.76. The highest BCUT2D eigenvalue weighted by molar-refractivity contribution is 5.96. The molecule has 2 amide bonds. The van der Waals surface area contributed by atoms with Crippen molar-refractivity contribution in [2.45, 2.75) is 44.6 Å². The standard InChI is InChI=1S/C21H23N7O3/c1-13(29)22-16-4-2-3-15(11-16)21(30)27-9-7-17(8-10-27)28-12-18(24-26-28)20-23-19(25-31-20)14-5-6-14/h2-4,11-12,14,17H,5-10H2,1H3,(H,22,29). The Hall–Kier alpha value is -3.56. The largest absolute Gasteiger partial charge is 0.338 e. The van der Waals surface area contributed by atoms with Crippen LogP contribution in [0.3, 0.4) is 0 Å². The molecule has 0 radical (unpaired) electrons. The summed E-state index contributed by atoms with van der Waals surface area (Å²) in [6.07, 6.45) is 5.61. The average molecular weight is 421 g/mol. The number of amides is 2. The van der Waals surface area contributed by atoms with Gasteiger partial charge in [0.2, 0.25) is 5.91 Å². The van der Waals surface area contributed by atoms with Crippen LogP contribution in [0.1, 0.15) is 60.7 Å². The van der Waals surface area contributed by atoms with Gasteiger partial charge in [0.25, 0.3) is 11.8 Å². The van der Waals surface area contributed by atoms with E-state index in [0.29, 0.717) is 41.8 Å². The van der Waals surface area contributed by atoms with Gasteiger partial charge >= 0.3 is 0 Å². The van der Waals surface area contributed by atoms with Crippen LogP contribution in [0.2, 0.25) is 0 Å². The van der Waals surface area contributed by atoms with Crippen molar-refractivity contribution in [3.63, 3.8) is 0 Å². The zero-order valence-corrected chi connectivity index (χ0v) is 17.2. The molecule has 31 heavy (non-hydrogen) atoms. The Morgan fingerprint density at radius 3 is 2.71 bits per heavy atom. The lowest BCUT2D eigenvalue weighted by molar-refractivity contribution is -0.114. The third-order valence-electron chi connectivity index (χ3n) is 5.67. The van der Waals surface area contributed by atoms with E-state index >= 15 is 0 Å². The Bertz CT molecular complexity index is 1110. The van der Waals surface area contributed by atoms with Gasteiger partial charge in [0, 0.05) is 37.2 Å². The molecular weight excluding hydrogens is 398 g/mol. The minimum atomic E-state index is -0.165. The van der Waals surface area contributed by atoms with E-state index in [1.165, 1.54) is 6.92 Å². The summed E-state index contributed by atoms with van der Waals surface area (Å²) in [7, 11) is 0. The highest BCUT2D eigenvalue weighted by Crippen LogP contribution is 2.38. The lowest BCUT2D eigenvalue weighted by atomic mass is 10.0. The van der Waals surface area contributed by atoms with Crippen LogP contribution in [0, 0.1) is 0 Å². The molecule has 2 aliphatic rings. The molecule has 0 atom stereocenters. The number of nitrogens with zero attached hydrogens (tertiary/aromatic N) is 6.